The van der Waals surface area contributed by atoms with Gasteiger partial charge in [-0.1, -0.05) is 37.6 Å². The Hall–Kier alpha value is -3.08. The summed E-state index contributed by atoms with van der Waals surface area (Å²) in [4.78, 5) is 30.9. The van der Waals surface area contributed by atoms with Crippen LogP contribution in [0.4, 0.5) is 0 Å². The third kappa shape index (κ3) is 6.93. The molecule has 0 bridgehead atoms. The van der Waals surface area contributed by atoms with E-state index in [1.165, 1.54) is 4.88 Å². The largest absolute Gasteiger partial charge is 0.465 e. The predicted molar refractivity (Wildman–Crippen MR) is 152 cm³/mol. The van der Waals surface area contributed by atoms with Gasteiger partial charge in [0.05, 0.1) is 38.4 Å². The molecular formula is C28H34ClN5O4S. The number of aromatic nitrogens is 3. The van der Waals surface area contributed by atoms with Gasteiger partial charge in [-0.05, 0) is 44.4 Å². The average Bonchev–Trinajstić information content (AvgIpc) is 3.37. The summed E-state index contributed by atoms with van der Waals surface area (Å²) in [5.74, 6) is 1.21. The molecule has 2 aromatic heterocycles. The Bertz CT molecular complexity index is 1360. The molecule has 1 amide bonds. The summed E-state index contributed by atoms with van der Waals surface area (Å²) in [7, 11) is 0. The van der Waals surface area contributed by atoms with Crippen molar-refractivity contribution in [3.8, 4) is 5.00 Å². The highest BCUT2D eigenvalue weighted by atomic mass is 35.5. The number of nitrogens with one attached hydrogen (secondary N) is 1. The number of aryl methyl sites for hydroxylation is 2. The molecule has 1 aliphatic heterocycles. The number of amides is 1. The van der Waals surface area contributed by atoms with E-state index in [-0.39, 0.29) is 37.9 Å². The smallest absolute Gasteiger partial charge is 0.308 e. The fourth-order valence-electron chi connectivity index (χ4n) is 4.23. The number of hydrogen-bond donors (Lipinski definition) is 1. The molecule has 1 atom stereocenters. The number of hydrogen-bond acceptors (Lipinski definition) is 8. The van der Waals surface area contributed by atoms with Crippen molar-refractivity contribution in [1.29, 1.82) is 0 Å². The van der Waals surface area contributed by atoms with Gasteiger partial charge in [-0.25, -0.2) is 0 Å². The lowest BCUT2D eigenvalue weighted by Gasteiger charge is -2.13. The van der Waals surface area contributed by atoms with Gasteiger partial charge in [-0.15, -0.1) is 21.5 Å². The molecule has 0 saturated carbocycles. The highest BCUT2D eigenvalue weighted by Crippen LogP contribution is 2.39. The molecule has 39 heavy (non-hydrogen) atoms. The third-order valence-electron chi connectivity index (χ3n) is 6.33. The van der Waals surface area contributed by atoms with Crippen molar-refractivity contribution >= 4 is 40.5 Å². The topological polar surface area (TPSA) is 108 Å². The van der Waals surface area contributed by atoms with Crippen molar-refractivity contribution in [2.45, 2.75) is 53.5 Å². The number of carbonyl (C=O) groups excluding carboxylic acids is 2. The summed E-state index contributed by atoms with van der Waals surface area (Å²) in [6.45, 7) is 11.3. The van der Waals surface area contributed by atoms with Gasteiger partial charge >= 0.3 is 5.97 Å². The summed E-state index contributed by atoms with van der Waals surface area (Å²) in [5, 5.41) is 13.3. The van der Waals surface area contributed by atoms with Crippen LogP contribution >= 0.6 is 22.9 Å². The van der Waals surface area contributed by atoms with Crippen LogP contribution < -0.4 is 5.32 Å². The van der Waals surface area contributed by atoms with Gasteiger partial charge in [0.2, 0.25) is 5.91 Å². The second-order valence-electron chi connectivity index (χ2n) is 9.90. The monoisotopic (exact) mass is 571 g/mol. The Morgan fingerprint density at radius 1 is 1.13 bits per heavy atom. The first-order valence-corrected chi connectivity index (χ1v) is 14.2. The second-order valence-corrected chi connectivity index (χ2v) is 11.5. The summed E-state index contributed by atoms with van der Waals surface area (Å²) in [5.41, 5.74) is 3.88. The molecule has 208 valence electrons. The number of carbonyl (C=O) groups is 2. The van der Waals surface area contributed by atoms with Gasteiger partial charge in [0.1, 0.15) is 16.9 Å². The summed E-state index contributed by atoms with van der Waals surface area (Å²) >= 11 is 7.83. The van der Waals surface area contributed by atoms with E-state index in [9.17, 15) is 9.59 Å². The molecule has 4 rings (SSSR count). The van der Waals surface area contributed by atoms with Gasteiger partial charge in [-0.3, -0.25) is 19.1 Å². The van der Waals surface area contributed by atoms with Crippen molar-refractivity contribution in [1.82, 2.24) is 20.1 Å². The van der Waals surface area contributed by atoms with Crippen LogP contribution in [-0.2, 0) is 19.1 Å². The molecule has 1 N–H and O–H groups in total. The SMILES string of the molecule is Cc1sc2c(c1C)C(c1ccc(Cl)cc1)=N[C@@H](CC(=O)NCCOCCC(=O)OCC(C)C)c1nnc(C)n1-2. The van der Waals surface area contributed by atoms with Crippen LogP contribution in [0, 0.1) is 26.7 Å². The number of nitrogens with zero attached hydrogens (tertiary/aromatic N) is 4. The number of fused-ring (bicyclic) bond motifs is 3. The van der Waals surface area contributed by atoms with Gasteiger partial charge in [-0.2, -0.15) is 0 Å². The van der Waals surface area contributed by atoms with Gasteiger partial charge in [0.25, 0.3) is 0 Å². The zero-order chi connectivity index (χ0) is 28.1. The molecule has 0 radical (unpaired) electrons. The molecule has 0 aliphatic carbocycles. The molecule has 1 aliphatic rings. The molecule has 1 aromatic carbocycles. The highest BCUT2D eigenvalue weighted by Gasteiger charge is 2.32. The number of halogens is 1. The first kappa shape index (κ1) is 28.9. The van der Waals surface area contributed by atoms with Crippen molar-refractivity contribution in [2.75, 3.05) is 26.4 Å². The van der Waals surface area contributed by atoms with Crippen molar-refractivity contribution < 1.29 is 19.1 Å². The van der Waals surface area contributed by atoms with E-state index >= 15 is 0 Å². The Morgan fingerprint density at radius 2 is 1.87 bits per heavy atom. The fourth-order valence-corrected chi connectivity index (χ4v) is 5.57. The molecule has 3 aromatic rings. The average molecular weight is 572 g/mol. The van der Waals surface area contributed by atoms with Crippen LogP contribution in [-0.4, -0.2) is 58.7 Å². The lowest BCUT2D eigenvalue weighted by molar-refractivity contribution is -0.146. The maximum absolute atomic E-state index is 13.0. The van der Waals surface area contributed by atoms with Crippen LogP contribution in [0.25, 0.3) is 5.00 Å². The van der Waals surface area contributed by atoms with Crippen LogP contribution in [0.1, 0.15) is 65.9 Å². The van der Waals surface area contributed by atoms with Gasteiger partial charge in [0, 0.05) is 27.6 Å². The molecular weight excluding hydrogens is 538 g/mol. The maximum atomic E-state index is 13.0. The summed E-state index contributed by atoms with van der Waals surface area (Å²) in [6, 6.07) is 7.05. The van der Waals surface area contributed by atoms with Crippen molar-refractivity contribution in [3.63, 3.8) is 0 Å². The molecule has 0 unspecified atom stereocenters. The summed E-state index contributed by atoms with van der Waals surface area (Å²) in [6.07, 6.45) is 0.284. The molecule has 0 saturated heterocycles. The minimum atomic E-state index is -0.534. The zero-order valence-electron chi connectivity index (χ0n) is 22.9. The van der Waals surface area contributed by atoms with E-state index < -0.39 is 6.04 Å². The number of esters is 1. The van der Waals surface area contributed by atoms with E-state index in [0.29, 0.717) is 29.9 Å². The lowest BCUT2D eigenvalue weighted by Crippen LogP contribution is -2.29. The van der Waals surface area contributed by atoms with Crippen molar-refractivity contribution in [3.05, 3.63) is 62.5 Å². The number of rotatable bonds is 11. The van der Waals surface area contributed by atoms with Crippen LogP contribution in [0.5, 0.6) is 0 Å². The van der Waals surface area contributed by atoms with Crippen LogP contribution in [0.2, 0.25) is 5.02 Å². The van der Waals surface area contributed by atoms with Crippen molar-refractivity contribution in [2.24, 2.45) is 10.9 Å². The minimum absolute atomic E-state index is 0.101. The molecule has 9 nitrogen and oxygen atoms in total. The van der Waals surface area contributed by atoms with E-state index in [0.717, 1.165) is 33.2 Å². The maximum Gasteiger partial charge on any atom is 0.308 e. The summed E-state index contributed by atoms with van der Waals surface area (Å²) < 4.78 is 12.6. The Kier molecular flexibility index (Phi) is 9.53. The number of thiophene rings is 1. The Balaban J connectivity index is 1.46. The Morgan fingerprint density at radius 3 is 2.59 bits per heavy atom. The quantitative estimate of drug-likeness (QED) is 0.259. The molecule has 3 heterocycles. The second kappa shape index (κ2) is 12.8. The fraction of sp³-hybridized carbons (Fsp3) is 0.464. The molecule has 0 spiro atoms. The molecule has 11 heteroatoms. The number of ether oxygens (including phenoxy) is 2. The molecule has 0 fully saturated rings. The number of benzene rings is 1. The van der Waals surface area contributed by atoms with E-state index in [2.05, 4.69) is 29.4 Å². The zero-order valence-corrected chi connectivity index (χ0v) is 24.5. The van der Waals surface area contributed by atoms with Crippen LogP contribution in [0.15, 0.2) is 29.3 Å². The standard InChI is InChI=1S/C28H34ClN5O4S/c1-16(2)15-38-24(36)10-12-37-13-11-30-23(35)14-22-27-33-32-19(5)34(27)28-25(17(3)18(4)39-28)26(31-22)20-6-8-21(29)9-7-20/h6-9,16,22H,10-15H2,1-5H3,(H,30,35)/t22-/m0/s1. The third-order valence-corrected chi connectivity index (χ3v) is 7.78. The number of aliphatic imine (C=N–C) groups is 1. The lowest BCUT2D eigenvalue weighted by atomic mass is 9.99. The van der Waals surface area contributed by atoms with E-state index in [4.69, 9.17) is 26.1 Å². The van der Waals surface area contributed by atoms with E-state index in [1.807, 2.05) is 49.6 Å². The van der Waals surface area contributed by atoms with E-state index in [1.54, 1.807) is 11.3 Å². The van der Waals surface area contributed by atoms with Gasteiger partial charge in [0.15, 0.2) is 5.82 Å². The minimum Gasteiger partial charge on any atom is -0.465 e. The normalized spacial score (nSPS) is 14.4. The first-order valence-electron chi connectivity index (χ1n) is 13.0. The predicted octanol–water partition coefficient (Wildman–Crippen LogP) is 4.91. The van der Waals surface area contributed by atoms with Gasteiger partial charge < -0.3 is 14.8 Å². The highest BCUT2D eigenvalue weighted by molar-refractivity contribution is 7.15. The Labute approximate surface area is 237 Å². The van der Waals surface area contributed by atoms with Crippen LogP contribution in [0.3, 0.4) is 0 Å². The first-order chi connectivity index (χ1) is 18.7.